The van der Waals surface area contributed by atoms with Crippen LogP contribution in [0.3, 0.4) is 0 Å². The van der Waals surface area contributed by atoms with Gasteiger partial charge in [0.15, 0.2) is 5.78 Å². The zero-order valence-electron chi connectivity index (χ0n) is 15.2. The molecule has 0 saturated carbocycles. The van der Waals surface area contributed by atoms with E-state index in [0.29, 0.717) is 24.3 Å². The van der Waals surface area contributed by atoms with Gasteiger partial charge in [0.1, 0.15) is 18.5 Å². The number of ketones is 1. The zero-order valence-corrected chi connectivity index (χ0v) is 16.0. The molecule has 0 heterocycles. The van der Waals surface area contributed by atoms with Gasteiger partial charge in [0.2, 0.25) is 0 Å². The lowest BCUT2D eigenvalue weighted by Gasteiger charge is -2.13. The Morgan fingerprint density at radius 3 is 2.46 bits per heavy atom. The van der Waals surface area contributed by atoms with Crippen molar-refractivity contribution < 1.29 is 14.6 Å². The first-order valence-corrected chi connectivity index (χ1v) is 8.87. The molecule has 2 N–H and O–H groups in total. The van der Waals surface area contributed by atoms with Gasteiger partial charge in [0.25, 0.3) is 0 Å². The molecule has 0 spiro atoms. The van der Waals surface area contributed by atoms with Crippen molar-refractivity contribution in [2.24, 2.45) is 0 Å². The highest BCUT2D eigenvalue weighted by Crippen LogP contribution is 2.15. The van der Waals surface area contributed by atoms with E-state index in [1.807, 2.05) is 30.3 Å². The first-order valence-electron chi connectivity index (χ1n) is 8.87. The molecule has 2 aromatic carbocycles. The van der Waals surface area contributed by atoms with E-state index in [1.165, 1.54) is 5.56 Å². The molecule has 0 saturated heterocycles. The van der Waals surface area contributed by atoms with Crippen LogP contribution in [0.1, 0.15) is 35.7 Å². The van der Waals surface area contributed by atoms with Gasteiger partial charge < -0.3 is 15.2 Å². The van der Waals surface area contributed by atoms with Gasteiger partial charge in [-0.3, -0.25) is 4.79 Å². The van der Waals surface area contributed by atoms with Crippen molar-refractivity contribution in [3.05, 3.63) is 65.7 Å². The molecule has 1 unspecified atom stereocenters. The Labute approximate surface area is 162 Å². The molecule has 0 aliphatic heterocycles. The molecule has 0 radical (unpaired) electrons. The van der Waals surface area contributed by atoms with Gasteiger partial charge in [-0.1, -0.05) is 37.3 Å². The number of aliphatic hydroxyl groups excluding tert-OH is 1. The Balaban J connectivity index is 0.00000338. The monoisotopic (exact) mass is 377 g/mol. The van der Waals surface area contributed by atoms with Crippen molar-refractivity contribution in [3.63, 3.8) is 0 Å². The number of carbonyl (C=O) groups excluding carboxylic acids is 1. The second kappa shape index (κ2) is 12.5. The molecule has 4 nitrogen and oxygen atoms in total. The predicted molar refractivity (Wildman–Crippen MR) is 107 cm³/mol. The average molecular weight is 378 g/mol. The second-order valence-electron chi connectivity index (χ2n) is 6.10. The normalized spacial score (nSPS) is 11.5. The Bertz CT molecular complexity index is 631. The summed E-state index contributed by atoms with van der Waals surface area (Å²) < 4.78 is 5.56. The third-order valence-electron chi connectivity index (χ3n) is 3.91. The van der Waals surface area contributed by atoms with Gasteiger partial charge in [-0.05, 0) is 49.2 Å². The van der Waals surface area contributed by atoms with Crippen molar-refractivity contribution in [2.75, 3.05) is 19.7 Å². The van der Waals surface area contributed by atoms with Crippen LogP contribution in [-0.2, 0) is 6.42 Å². The summed E-state index contributed by atoms with van der Waals surface area (Å²) in [6.07, 6.45) is 1.73. The largest absolute Gasteiger partial charge is 0.491 e. The molecule has 0 aliphatic rings. The third-order valence-corrected chi connectivity index (χ3v) is 3.91. The average Bonchev–Trinajstić information content (AvgIpc) is 2.66. The number of hydrogen-bond acceptors (Lipinski definition) is 4. The topological polar surface area (TPSA) is 58.6 Å². The van der Waals surface area contributed by atoms with E-state index in [2.05, 4.69) is 12.2 Å². The summed E-state index contributed by atoms with van der Waals surface area (Å²) in [7, 11) is 0. The van der Waals surface area contributed by atoms with Crippen molar-refractivity contribution in [2.45, 2.75) is 32.3 Å². The number of carbonyl (C=O) groups is 1. The van der Waals surface area contributed by atoms with E-state index >= 15 is 0 Å². The maximum Gasteiger partial charge on any atom is 0.163 e. The van der Waals surface area contributed by atoms with Crippen LogP contribution < -0.4 is 10.1 Å². The van der Waals surface area contributed by atoms with Gasteiger partial charge in [-0.15, -0.1) is 12.4 Å². The van der Waals surface area contributed by atoms with E-state index in [4.69, 9.17) is 4.74 Å². The molecular weight excluding hydrogens is 350 g/mol. The minimum Gasteiger partial charge on any atom is -0.491 e. The van der Waals surface area contributed by atoms with Crippen molar-refractivity contribution in [1.29, 1.82) is 0 Å². The minimum absolute atomic E-state index is 0. The van der Waals surface area contributed by atoms with Gasteiger partial charge in [-0.2, -0.15) is 0 Å². The summed E-state index contributed by atoms with van der Waals surface area (Å²) >= 11 is 0. The lowest BCUT2D eigenvalue weighted by Crippen LogP contribution is -2.31. The zero-order chi connectivity index (χ0) is 17.9. The molecule has 0 fully saturated rings. The van der Waals surface area contributed by atoms with Crippen molar-refractivity contribution >= 4 is 18.2 Å². The Morgan fingerprint density at radius 2 is 1.81 bits per heavy atom. The first-order chi connectivity index (χ1) is 12.2. The fraction of sp³-hybridized carbons (Fsp3) is 0.381. The fourth-order valence-corrected chi connectivity index (χ4v) is 2.48. The number of nitrogens with one attached hydrogen (secondary N) is 1. The molecule has 0 bridgehead atoms. The number of ether oxygens (including phenoxy) is 1. The molecule has 142 valence electrons. The van der Waals surface area contributed by atoms with Gasteiger partial charge >= 0.3 is 0 Å². The summed E-state index contributed by atoms with van der Waals surface area (Å²) in [6, 6.07) is 17.1. The highest BCUT2D eigenvalue weighted by Gasteiger charge is 2.08. The van der Waals surface area contributed by atoms with Gasteiger partial charge in [0.05, 0.1) is 0 Å². The lowest BCUT2D eigenvalue weighted by atomic mass is 10.0. The number of aliphatic hydroxyl groups is 1. The molecule has 5 heteroatoms. The highest BCUT2D eigenvalue weighted by molar-refractivity contribution is 5.96. The molecule has 0 amide bonds. The third kappa shape index (κ3) is 8.00. The number of halogens is 1. The number of benzene rings is 2. The van der Waals surface area contributed by atoms with Crippen LogP contribution >= 0.6 is 12.4 Å². The van der Waals surface area contributed by atoms with Crippen LogP contribution in [0.4, 0.5) is 0 Å². The summed E-state index contributed by atoms with van der Waals surface area (Å²) in [4.78, 5) is 12.3. The van der Waals surface area contributed by atoms with Crippen LogP contribution in [0.2, 0.25) is 0 Å². The standard InChI is InChI=1S/C21H27NO3.ClH/c1-2-14-22-15-19(23)16-25-20-11-9-18(10-12-20)21(24)13-8-17-6-4-3-5-7-17;/h3-7,9-12,19,22-23H,2,8,13-16H2,1H3;1H. The highest BCUT2D eigenvalue weighted by atomic mass is 35.5. The van der Waals surface area contributed by atoms with Crippen LogP contribution in [0.15, 0.2) is 54.6 Å². The number of hydrogen-bond donors (Lipinski definition) is 2. The van der Waals surface area contributed by atoms with E-state index in [0.717, 1.165) is 19.4 Å². The Hall–Kier alpha value is -1.88. The van der Waals surface area contributed by atoms with E-state index in [1.54, 1.807) is 24.3 Å². The lowest BCUT2D eigenvalue weighted by molar-refractivity contribution is 0.0981. The molecule has 1 atom stereocenters. The molecular formula is C21H28ClNO3. The van der Waals surface area contributed by atoms with E-state index in [9.17, 15) is 9.90 Å². The van der Waals surface area contributed by atoms with Crippen LogP contribution in [0.25, 0.3) is 0 Å². The summed E-state index contributed by atoms with van der Waals surface area (Å²) in [5.41, 5.74) is 1.86. The molecule has 2 aromatic rings. The maximum atomic E-state index is 12.3. The molecule has 0 aromatic heterocycles. The number of aryl methyl sites for hydroxylation is 1. The summed E-state index contributed by atoms with van der Waals surface area (Å²) in [5, 5.41) is 13.0. The predicted octanol–water partition coefficient (Wildman–Crippen LogP) is 3.66. The number of rotatable bonds is 11. The fourth-order valence-electron chi connectivity index (χ4n) is 2.48. The van der Waals surface area contributed by atoms with Crippen LogP contribution in [-0.4, -0.2) is 36.7 Å². The quantitative estimate of drug-likeness (QED) is 0.463. The van der Waals surface area contributed by atoms with Crippen LogP contribution in [0, 0.1) is 0 Å². The SMILES string of the molecule is CCCNCC(O)COc1ccc(C(=O)CCc2ccccc2)cc1.Cl. The molecule has 0 aliphatic carbocycles. The smallest absolute Gasteiger partial charge is 0.163 e. The Morgan fingerprint density at radius 1 is 1.12 bits per heavy atom. The van der Waals surface area contributed by atoms with Gasteiger partial charge in [0, 0.05) is 18.5 Å². The summed E-state index contributed by atoms with van der Waals surface area (Å²) in [6.45, 7) is 3.72. The Kier molecular flexibility index (Phi) is 10.6. The minimum atomic E-state index is -0.543. The maximum absolute atomic E-state index is 12.3. The van der Waals surface area contributed by atoms with Crippen molar-refractivity contribution in [3.8, 4) is 5.75 Å². The molecule has 2 rings (SSSR count). The van der Waals surface area contributed by atoms with Crippen LogP contribution in [0.5, 0.6) is 5.75 Å². The first kappa shape index (κ1) is 22.2. The number of Topliss-reactive ketones (excluding diaryl/α,β-unsaturated/α-hetero) is 1. The second-order valence-corrected chi connectivity index (χ2v) is 6.10. The molecule has 26 heavy (non-hydrogen) atoms. The van der Waals surface area contributed by atoms with E-state index in [-0.39, 0.29) is 24.8 Å². The van der Waals surface area contributed by atoms with Gasteiger partial charge in [-0.25, -0.2) is 0 Å². The van der Waals surface area contributed by atoms with Crippen molar-refractivity contribution in [1.82, 2.24) is 5.32 Å². The van der Waals surface area contributed by atoms with E-state index < -0.39 is 6.10 Å². The summed E-state index contributed by atoms with van der Waals surface area (Å²) in [5.74, 6) is 0.786.